The molecule has 0 spiro atoms. The van der Waals surface area contributed by atoms with E-state index in [4.69, 9.17) is 4.74 Å². The number of sulfonamides is 1. The predicted molar refractivity (Wildman–Crippen MR) is 110 cm³/mol. The Morgan fingerprint density at radius 2 is 1.75 bits per heavy atom. The van der Waals surface area contributed by atoms with E-state index >= 15 is 0 Å². The highest BCUT2D eigenvalue weighted by Gasteiger charge is 2.26. The van der Waals surface area contributed by atoms with Gasteiger partial charge >= 0.3 is 0 Å². The van der Waals surface area contributed by atoms with Gasteiger partial charge in [0.15, 0.2) is 0 Å². The zero-order valence-electron chi connectivity index (χ0n) is 15.7. The fourth-order valence-corrected chi connectivity index (χ4v) is 5.13. The molecule has 1 heterocycles. The molecule has 6 nitrogen and oxygen atoms in total. The number of nitrogens with zero attached hydrogens (tertiary/aromatic N) is 1. The lowest BCUT2D eigenvalue weighted by Crippen LogP contribution is -2.40. The summed E-state index contributed by atoms with van der Waals surface area (Å²) in [5, 5.41) is 2.69. The topological polar surface area (TPSA) is 75.7 Å². The highest BCUT2D eigenvalue weighted by Crippen LogP contribution is 2.23. The van der Waals surface area contributed by atoms with Crippen LogP contribution in [-0.4, -0.2) is 50.2 Å². The highest BCUT2D eigenvalue weighted by molar-refractivity contribution is 8.00. The van der Waals surface area contributed by atoms with Crippen molar-refractivity contribution in [3.8, 4) is 0 Å². The third-order valence-electron chi connectivity index (χ3n) is 4.42. The van der Waals surface area contributed by atoms with Crippen molar-refractivity contribution in [2.45, 2.75) is 28.5 Å². The third kappa shape index (κ3) is 5.35. The lowest BCUT2D eigenvalue weighted by Gasteiger charge is -2.26. The molecule has 0 saturated carbocycles. The molecular formula is C20H24N2O4S2. The Kier molecular flexibility index (Phi) is 7.12. The van der Waals surface area contributed by atoms with Crippen molar-refractivity contribution >= 4 is 27.7 Å². The van der Waals surface area contributed by atoms with Crippen LogP contribution in [0.4, 0.5) is 0 Å². The van der Waals surface area contributed by atoms with E-state index in [1.807, 2.05) is 37.3 Å². The Hall–Kier alpha value is -1.87. The highest BCUT2D eigenvalue weighted by atomic mass is 32.2. The lowest BCUT2D eigenvalue weighted by atomic mass is 10.2. The van der Waals surface area contributed by atoms with Gasteiger partial charge in [-0.05, 0) is 36.8 Å². The van der Waals surface area contributed by atoms with E-state index in [0.29, 0.717) is 32.8 Å². The first-order valence-corrected chi connectivity index (χ1v) is 11.4. The van der Waals surface area contributed by atoms with Crippen LogP contribution >= 0.6 is 11.8 Å². The third-order valence-corrected chi connectivity index (χ3v) is 7.45. The van der Waals surface area contributed by atoms with Crippen LogP contribution in [0, 0.1) is 0 Å². The first-order chi connectivity index (χ1) is 13.5. The van der Waals surface area contributed by atoms with Gasteiger partial charge in [0.25, 0.3) is 0 Å². The number of hydrogen-bond acceptors (Lipinski definition) is 5. The molecule has 1 aliphatic rings. The van der Waals surface area contributed by atoms with Crippen molar-refractivity contribution < 1.29 is 17.9 Å². The van der Waals surface area contributed by atoms with Gasteiger partial charge < -0.3 is 10.1 Å². The van der Waals surface area contributed by atoms with Crippen LogP contribution in [0.25, 0.3) is 0 Å². The molecule has 0 bridgehead atoms. The summed E-state index contributed by atoms with van der Waals surface area (Å²) in [6, 6.07) is 16.4. The number of carbonyl (C=O) groups is 1. The van der Waals surface area contributed by atoms with Gasteiger partial charge in [0, 0.05) is 24.5 Å². The summed E-state index contributed by atoms with van der Waals surface area (Å²) in [5.74, 6) is -0.0566. The standard InChI is InChI=1S/C20H24N2O4S2/c1-16(27-18-5-3-2-4-6-18)20(23)21-15-17-7-9-19(10-8-17)28(24,25)22-11-13-26-14-12-22/h2-10,16H,11-15H2,1H3,(H,21,23). The number of ether oxygens (including phenoxy) is 1. The molecule has 3 rings (SSSR count). The second-order valence-corrected chi connectivity index (χ2v) is 9.80. The van der Waals surface area contributed by atoms with E-state index in [1.54, 1.807) is 24.3 Å². The molecule has 150 valence electrons. The zero-order valence-corrected chi connectivity index (χ0v) is 17.3. The summed E-state index contributed by atoms with van der Waals surface area (Å²) in [6.07, 6.45) is 0. The van der Waals surface area contributed by atoms with E-state index in [0.717, 1.165) is 10.5 Å². The Morgan fingerprint density at radius 1 is 1.11 bits per heavy atom. The first kappa shape index (κ1) is 20.9. The van der Waals surface area contributed by atoms with Crippen LogP contribution in [0.3, 0.4) is 0 Å². The maximum atomic E-state index is 12.6. The van der Waals surface area contributed by atoms with Crippen LogP contribution < -0.4 is 5.32 Å². The summed E-state index contributed by atoms with van der Waals surface area (Å²) in [6.45, 7) is 3.81. The molecule has 1 amide bonds. The average molecular weight is 421 g/mol. The second kappa shape index (κ2) is 9.56. The van der Waals surface area contributed by atoms with Gasteiger partial charge in [-0.1, -0.05) is 30.3 Å². The monoisotopic (exact) mass is 420 g/mol. The molecule has 0 radical (unpaired) electrons. The van der Waals surface area contributed by atoms with Crippen LogP contribution in [0.5, 0.6) is 0 Å². The number of nitrogens with one attached hydrogen (secondary N) is 1. The SMILES string of the molecule is CC(Sc1ccccc1)C(=O)NCc1ccc(S(=O)(=O)N2CCOCC2)cc1. The summed E-state index contributed by atoms with van der Waals surface area (Å²) in [7, 11) is -3.50. The molecule has 8 heteroatoms. The molecular weight excluding hydrogens is 396 g/mol. The van der Waals surface area contributed by atoms with E-state index in [1.165, 1.54) is 16.1 Å². The van der Waals surface area contributed by atoms with Crippen molar-refractivity contribution in [3.63, 3.8) is 0 Å². The Morgan fingerprint density at radius 3 is 2.39 bits per heavy atom. The quantitative estimate of drug-likeness (QED) is 0.697. The molecule has 1 aliphatic heterocycles. The molecule has 28 heavy (non-hydrogen) atoms. The Labute approximate surface area is 170 Å². The second-order valence-electron chi connectivity index (χ2n) is 6.45. The predicted octanol–water partition coefficient (Wildman–Crippen LogP) is 2.50. The molecule has 1 fully saturated rings. The molecule has 1 atom stereocenters. The lowest BCUT2D eigenvalue weighted by molar-refractivity contribution is -0.120. The van der Waals surface area contributed by atoms with Gasteiger partial charge in [-0.3, -0.25) is 4.79 Å². The maximum Gasteiger partial charge on any atom is 0.243 e. The number of thioether (sulfide) groups is 1. The Bertz CT molecular complexity index is 880. The number of morpholine rings is 1. The van der Waals surface area contributed by atoms with Gasteiger partial charge in [-0.2, -0.15) is 4.31 Å². The fourth-order valence-electron chi connectivity index (χ4n) is 2.80. The van der Waals surface area contributed by atoms with E-state index in [2.05, 4.69) is 5.32 Å². The summed E-state index contributed by atoms with van der Waals surface area (Å²) in [5.41, 5.74) is 0.853. The number of hydrogen-bond donors (Lipinski definition) is 1. The smallest absolute Gasteiger partial charge is 0.243 e. The van der Waals surface area contributed by atoms with Gasteiger partial charge in [-0.25, -0.2) is 8.42 Å². The van der Waals surface area contributed by atoms with Crippen LogP contribution in [0.2, 0.25) is 0 Å². The molecule has 0 aliphatic carbocycles. The summed E-state index contributed by atoms with van der Waals surface area (Å²) in [4.78, 5) is 13.6. The van der Waals surface area contributed by atoms with Crippen LogP contribution in [0.15, 0.2) is 64.4 Å². The van der Waals surface area contributed by atoms with Crippen LogP contribution in [0.1, 0.15) is 12.5 Å². The minimum Gasteiger partial charge on any atom is -0.379 e. The molecule has 1 N–H and O–H groups in total. The molecule has 1 saturated heterocycles. The average Bonchev–Trinajstić information content (AvgIpc) is 2.73. The number of rotatable bonds is 7. The minimum atomic E-state index is -3.50. The molecule has 0 aromatic heterocycles. The van der Waals surface area contributed by atoms with Crippen molar-refractivity contribution in [1.29, 1.82) is 0 Å². The van der Waals surface area contributed by atoms with Crippen molar-refractivity contribution in [2.75, 3.05) is 26.3 Å². The largest absolute Gasteiger partial charge is 0.379 e. The van der Waals surface area contributed by atoms with Crippen molar-refractivity contribution in [3.05, 3.63) is 60.2 Å². The van der Waals surface area contributed by atoms with Crippen molar-refractivity contribution in [2.24, 2.45) is 0 Å². The van der Waals surface area contributed by atoms with Crippen LogP contribution in [-0.2, 0) is 26.1 Å². The molecule has 2 aromatic rings. The first-order valence-electron chi connectivity index (χ1n) is 9.13. The normalized spacial score (nSPS) is 16.5. The van der Waals surface area contributed by atoms with Gasteiger partial charge in [0.05, 0.1) is 23.4 Å². The zero-order chi connectivity index (χ0) is 20.0. The number of benzene rings is 2. The summed E-state index contributed by atoms with van der Waals surface area (Å²) >= 11 is 1.50. The van der Waals surface area contributed by atoms with E-state index in [-0.39, 0.29) is 16.1 Å². The molecule has 1 unspecified atom stereocenters. The number of amides is 1. The van der Waals surface area contributed by atoms with E-state index in [9.17, 15) is 13.2 Å². The summed E-state index contributed by atoms with van der Waals surface area (Å²) < 4.78 is 31.9. The minimum absolute atomic E-state index is 0.0566. The maximum absolute atomic E-state index is 12.6. The number of carbonyl (C=O) groups excluding carboxylic acids is 1. The molecule has 2 aromatic carbocycles. The van der Waals surface area contributed by atoms with Gasteiger partial charge in [-0.15, -0.1) is 11.8 Å². The Balaban J connectivity index is 1.54. The fraction of sp³-hybridized carbons (Fsp3) is 0.350. The van der Waals surface area contributed by atoms with Gasteiger partial charge in [0.2, 0.25) is 15.9 Å². The van der Waals surface area contributed by atoms with E-state index < -0.39 is 10.0 Å². The van der Waals surface area contributed by atoms with Gasteiger partial charge in [0.1, 0.15) is 0 Å². The van der Waals surface area contributed by atoms with Crippen molar-refractivity contribution in [1.82, 2.24) is 9.62 Å².